The maximum atomic E-state index is 14.3. The van der Waals surface area contributed by atoms with Crippen molar-refractivity contribution in [3.05, 3.63) is 83.8 Å². The maximum absolute atomic E-state index is 14.3. The van der Waals surface area contributed by atoms with Crippen LogP contribution in [0.1, 0.15) is 22.7 Å². The van der Waals surface area contributed by atoms with E-state index in [4.69, 9.17) is 0 Å². The number of benzene rings is 2. The molecule has 0 aliphatic carbocycles. The van der Waals surface area contributed by atoms with Gasteiger partial charge in [-0.05, 0) is 23.3 Å². The first kappa shape index (κ1) is 14.2. The lowest BCUT2D eigenvalue weighted by Crippen LogP contribution is -2.32. The van der Waals surface area contributed by atoms with Crippen LogP contribution in [0.3, 0.4) is 0 Å². The average Bonchev–Trinajstić information content (AvgIpc) is 2.94. The number of halogens is 1. The monoisotopic (exact) mass is 306 g/mol. The highest BCUT2D eigenvalue weighted by atomic mass is 19.1. The molecule has 0 bridgehead atoms. The molecule has 0 saturated carbocycles. The lowest BCUT2D eigenvalue weighted by Gasteiger charge is -2.31. The van der Waals surface area contributed by atoms with Gasteiger partial charge in [-0.2, -0.15) is 0 Å². The van der Waals surface area contributed by atoms with Crippen LogP contribution in [0.4, 0.5) is 4.39 Å². The van der Waals surface area contributed by atoms with Gasteiger partial charge in [-0.25, -0.2) is 4.39 Å². The van der Waals surface area contributed by atoms with Crippen molar-refractivity contribution >= 4 is 10.9 Å². The Morgan fingerprint density at radius 2 is 2.00 bits per heavy atom. The molecule has 4 rings (SSSR count). The van der Waals surface area contributed by atoms with Gasteiger partial charge < -0.3 is 4.98 Å². The summed E-state index contributed by atoms with van der Waals surface area (Å²) in [6, 6.07) is 15.7. The first-order valence-electron chi connectivity index (χ1n) is 7.94. The Morgan fingerprint density at radius 1 is 1.17 bits per heavy atom. The lowest BCUT2D eigenvalue weighted by atomic mass is 9.91. The third kappa shape index (κ3) is 2.47. The first-order valence-corrected chi connectivity index (χ1v) is 7.94. The van der Waals surface area contributed by atoms with E-state index in [2.05, 4.69) is 40.7 Å². The SMILES string of the molecule is C=CC1CN(Cc2ccccc2)Cc2[nH]c3cccc(F)c3c21. The molecule has 0 spiro atoms. The standard InChI is InChI=1S/C20H19FN2/c1-2-15-12-23(11-14-7-4-3-5-8-14)13-18-19(15)20-16(21)9-6-10-17(20)22-18/h2-10,15,22H,1,11-13H2. The summed E-state index contributed by atoms with van der Waals surface area (Å²) in [5.41, 5.74) is 4.36. The lowest BCUT2D eigenvalue weighted by molar-refractivity contribution is 0.232. The predicted octanol–water partition coefficient (Wildman–Crippen LogP) is 4.59. The van der Waals surface area contributed by atoms with Crippen LogP contribution in [0.25, 0.3) is 10.9 Å². The molecule has 0 radical (unpaired) electrons. The zero-order valence-electron chi connectivity index (χ0n) is 12.9. The molecule has 1 N–H and O–H groups in total. The Balaban J connectivity index is 1.73. The summed E-state index contributed by atoms with van der Waals surface area (Å²) in [5, 5.41) is 0.728. The molecule has 2 heterocycles. The van der Waals surface area contributed by atoms with Crippen molar-refractivity contribution in [2.24, 2.45) is 0 Å². The maximum Gasteiger partial charge on any atom is 0.132 e. The quantitative estimate of drug-likeness (QED) is 0.701. The molecule has 1 aromatic heterocycles. The summed E-state index contributed by atoms with van der Waals surface area (Å²) >= 11 is 0. The molecule has 2 aromatic carbocycles. The number of nitrogens with zero attached hydrogens (tertiary/aromatic N) is 1. The van der Waals surface area contributed by atoms with Crippen molar-refractivity contribution in [1.82, 2.24) is 9.88 Å². The van der Waals surface area contributed by atoms with E-state index in [0.717, 1.165) is 41.8 Å². The van der Waals surface area contributed by atoms with Crippen molar-refractivity contribution in [3.63, 3.8) is 0 Å². The number of fused-ring (bicyclic) bond motifs is 3. The Morgan fingerprint density at radius 3 is 2.78 bits per heavy atom. The smallest absolute Gasteiger partial charge is 0.132 e. The van der Waals surface area contributed by atoms with Gasteiger partial charge in [0.2, 0.25) is 0 Å². The highest BCUT2D eigenvalue weighted by molar-refractivity contribution is 5.86. The molecule has 0 fully saturated rings. The molecule has 1 atom stereocenters. The highest BCUT2D eigenvalue weighted by Gasteiger charge is 2.28. The molecule has 3 heteroatoms. The molecular formula is C20H19FN2. The van der Waals surface area contributed by atoms with Gasteiger partial charge in [-0.1, -0.05) is 42.5 Å². The van der Waals surface area contributed by atoms with E-state index < -0.39 is 0 Å². The van der Waals surface area contributed by atoms with Gasteiger partial charge in [0.05, 0.1) is 0 Å². The minimum absolute atomic E-state index is 0.146. The fourth-order valence-electron chi connectivity index (χ4n) is 3.63. The Bertz CT molecular complexity index is 851. The molecule has 1 aliphatic heterocycles. The second-order valence-corrected chi connectivity index (χ2v) is 6.18. The molecule has 1 aliphatic rings. The van der Waals surface area contributed by atoms with Crippen molar-refractivity contribution in [3.8, 4) is 0 Å². The summed E-state index contributed by atoms with van der Waals surface area (Å²) in [5.74, 6) is -0.00327. The van der Waals surface area contributed by atoms with Gasteiger partial charge in [0.1, 0.15) is 5.82 Å². The normalized spacial score (nSPS) is 18.0. The van der Waals surface area contributed by atoms with E-state index >= 15 is 0 Å². The van der Waals surface area contributed by atoms with E-state index in [-0.39, 0.29) is 11.7 Å². The summed E-state index contributed by atoms with van der Waals surface area (Å²) in [7, 11) is 0. The Labute approximate surface area is 135 Å². The van der Waals surface area contributed by atoms with Gasteiger partial charge in [0, 0.05) is 42.1 Å². The summed E-state index contributed by atoms with van der Waals surface area (Å²) < 4.78 is 14.3. The summed E-state index contributed by atoms with van der Waals surface area (Å²) in [6.45, 7) is 6.55. The minimum atomic E-state index is -0.150. The number of H-pyrrole nitrogens is 1. The number of aromatic amines is 1. The second kappa shape index (κ2) is 5.67. The number of rotatable bonds is 3. The summed E-state index contributed by atoms with van der Waals surface area (Å²) in [6.07, 6.45) is 1.94. The largest absolute Gasteiger partial charge is 0.357 e. The fraction of sp³-hybridized carbons (Fsp3) is 0.200. The van der Waals surface area contributed by atoms with Crippen molar-refractivity contribution in [1.29, 1.82) is 0 Å². The van der Waals surface area contributed by atoms with Gasteiger partial charge in [0.25, 0.3) is 0 Å². The number of hydrogen-bond acceptors (Lipinski definition) is 1. The summed E-state index contributed by atoms with van der Waals surface area (Å²) in [4.78, 5) is 5.79. The molecule has 116 valence electrons. The number of nitrogens with one attached hydrogen (secondary N) is 1. The van der Waals surface area contributed by atoms with Crippen LogP contribution in [0, 0.1) is 5.82 Å². The third-order valence-electron chi connectivity index (χ3n) is 4.63. The van der Waals surface area contributed by atoms with Crippen molar-refractivity contribution in [2.75, 3.05) is 6.54 Å². The van der Waals surface area contributed by atoms with Crippen LogP contribution in [0.2, 0.25) is 0 Å². The van der Waals surface area contributed by atoms with Crippen molar-refractivity contribution < 1.29 is 4.39 Å². The Kier molecular flexibility index (Phi) is 3.50. The van der Waals surface area contributed by atoms with Crippen LogP contribution in [-0.2, 0) is 13.1 Å². The van der Waals surface area contributed by atoms with Gasteiger partial charge in [-0.3, -0.25) is 4.90 Å². The molecular weight excluding hydrogens is 287 g/mol. The second-order valence-electron chi connectivity index (χ2n) is 6.18. The molecule has 0 amide bonds. The van der Waals surface area contributed by atoms with Crippen LogP contribution in [0.15, 0.2) is 61.2 Å². The highest BCUT2D eigenvalue weighted by Crippen LogP contribution is 2.36. The van der Waals surface area contributed by atoms with E-state index in [9.17, 15) is 4.39 Å². The van der Waals surface area contributed by atoms with E-state index in [1.807, 2.05) is 18.2 Å². The molecule has 0 saturated heterocycles. The minimum Gasteiger partial charge on any atom is -0.357 e. The van der Waals surface area contributed by atoms with Gasteiger partial charge in [-0.15, -0.1) is 6.58 Å². The molecule has 3 aromatic rings. The number of hydrogen-bond donors (Lipinski definition) is 1. The van der Waals surface area contributed by atoms with E-state index in [1.54, 1.807) is 6.07 Å². The molecule has 1 unspecified atom stereocenters. The van der Waals surface area contributed by atoms with Crippen LogP contribution < -0.4 is 0 Å². The Hall–Kier alpha value is -2.39. The van der Waals surface area contributed by atoms with Gasteiger partial charge >= 0.3 is 0 Å². The molecule has 2 nitrogen and oxygen atoms in total. The predicted molar refractivity (Wildman–Crippen MR) is 91.8 cm³/mol. The topological polar surface area (TPSA) is 19.0 Å². The first-order chi connectivity index (χ1) is 11.3. The van der Waals surface area contributed by atoms with Crippen LogP contribution in [0.5, 0.6) is 0 Å². The zero-order valence-corrected chi connectivity index (χ0v) is 12.9. The fourth-order valence-corrected chi connectivity index (χ4v) is 3.63. The average molecular weight is 306 g/mol. The van der Waals surface area contributed by atoms with Crippen LogP contribution >= 0.6 is 0 Å². The third-order valence-corrected chi connectivity index (χ3v) is 4.63. The zero-order chi connectivity index (χ0) is 15.8. The number of aromatic nitrogens is 1. The molecule has 23 heavy (non-hydrogen) atoms. The van der Waals surface area contributed by atoms with Crippen LogP contribution in [-0.4, -0.2) is 16.4 Å². The van der Waals surface area contributed by atoms with E-state index in [0.29, 0.717) is 0 Å². The van der Waals surface area contributed by atoms with Gasteiger partial charge in [0.15, 0.2) is 0 Å². The van der Waals surface area contributed by atoms with E-state index in [1.165, 1.54) is 11.6 Å². The van der Waals surface area contributed by atoms with Crippen molar-refractivity contribution in [2.45, 2.75) is 19.0 Å².